The summed E-state index contributed by atoms with van der Waals surface area (Å²) in [6, 6.07) is 8.34. The Balaban J connectivity index is 1.90. The largest absolute Gasteiger partial charge is 0.279 e. The monoisotopic (exact) mass is 352 g/mol. The van der Waals surface area contributed by atoms with Crippen molar-refractivity contribution in [3.8, 4) is 0 Å². The summed E-state index contributed by atoms with van der Waals surface area (Å²) in [6.07, 6.45) is 0. The molecule has 1 fully saturated rings. The van der Waals surface area contributed by atoms with Gasteiger partial charge in [0, 0.05) is 5.02 Å². The summed E-state index contributed by atoms with van der Waals surface area (Å²) in [7, 11) is 0. The van der Waals surface area contributed by atoms with Crippen LogP contribution in [0.5, 0.6) is 0 Å². The van der Waals surface area contributed by atoms with Gasteiger partial charge in [-0.1, -0.05) is 29.8 Å². The molecule has 8 heteroatoms. The van der Waals surface area contributed by atoms with Crippen molar-refractivity contribution < 1.29 is 23.2 Å². The standard InChI is InChI=1S/C16H11ClF2N2O3/c17-10-6-4-9(5-7-10)14-16(23)21(8-24-20-14)15(22)13-11(18)2-1-3-12(13)19/h1-7,14,20H,8H2. The molecule has 0 bridgehead atoms. The first-order valence-corrected chi connectivity index (χ1v) is 7.29. The van der Waals surface area contributed by atoms with E-state index in [0.29, 0.717) is 15.5 Å². The van der Waals surface area contributed by atoms with Gasteiger partial charge >= 0.3 is 0 Å². The van der Waals surface area contributed by atoms with E-state index in [9.17, 15) is 18.4 Å². The first-order valence-electron chi connectivity index (χ1n) is 6.91. The van der Waals surface area contributed by atoms with E-state index in [-0.39, 0.29) is 0 Å². The Labute approximate surface area is 140 Å². The Morgan fingerprint density at radius 1 is 1.17 bits per heavy atom. The molecule has 3 rings (SSSR count). The van der Waals surface area contributed by atoms with Crippen LogP contribution in [0.15, 0.2) is 42.5 Å². The predicted octanol–water partition coefficient (Wildman–Crippen LogP) is 2.82. The quantitative estimate of drug-likeness (QED) is 0.844. The minimum atomic E-state index is -1.10. The second kappa shape index (κ2) is 6.64. The van der Waals surface area contributed by atoms with Gasteiger partial charge in [0.2, 0.25) is 0 Å². The fraction of sp³-hybridized carbons (Fsp3) is 0.125. The minimum absolute atomic E-state index is 0.463. The molecule has 0 spiro atoms. The third kappa shape index (κ3) is 3.01. The SMILES string of the molecule is O=C(c1c(F)cccc1F)N1CONC(c2ccc(Cl)cc2)C1=O. The summed E-state index contributed by atoms with van der Waals surface area (Å²) in [5.74, 6) is -3.88. The van der Waals surface area contributed by atoms with E-state index in [1.165, 1.54) is 0 Å². The van der Waals surface area contributed by atoms with Crippen LogP contribution >= 0.6 is 11.6 Å². The fourth-order valence-electron chi connectivity index (χ4n) is 2.32. The molecule has 2 amide bonds. The Bertz CT molecular complexity index is 778. The third-order valence-corrected chi connectivity index (χ3v) is 3.78. The lowest BCUT2D eigenvalue weighted by atomic mass is 10.1. The van der Waals surface area contributed by atoms with Crippen LogP contribution in [-0.2, 0) is 9.63 Å². The lowest BCUT2D eigenvalue weighted by molar-refractivity contribution is -0.156. The highest BCUT2D eigenvalue weighted by molar-refractivity contribution is 6.30. The maximum absolute atomic E-state index is 13.8. The zero-order valence-electron chi connectivity index (χ0n) is 12.1. The van der Waals surface area contributed by atoms with Gasteiger partial charge < -0.3 is 0 Å². The number of imide groups is 1. The van der Waals surface area contributed by atoms with Gasteiger partial charge in [-0.15, -0.1) is 0 Å². The molecule has 1 aliphatic rings. The van der Waals surface area contributed by atoms with Crippen molar-refractivity contribution in [2.45, 2.75) is 6.04 Å². The summed E-state index contributed by atoms with van der Waals surface area (Å²) in [4.78, 5) is 30.6. The van der Waals surface area contributed by atoms with Gasteiger partial charge in [-0.3, -0.25) is 19.3 Å². The van der Waals surface area contributed by atoms with Crippen LogP contribution in [-0.4, -0.2) is 23.4 Å². The Morgan fingerprint density at radius 3 is 2.42 bits per heavy atom. The molecule has 5 nitrogen and oxygen atoms in total. The number of hydroxylamine groups is 1. The molecule has 1 aliphatic heterocycles. The zero-order valence-corrected chi connectivity index (χ0v) is 12.9. The summed E-state index contributed by atoms with van der Waals surface area (Å²) < 4.78 is 27.6. The number of amides is 2. The molecule has 0 aromatic heterocycles. The second-order valence-corrected chi connectivity index (χ2v) is 5.48. The molecule has 2 aromatic carbocycles. The number of benzene rings is 2. The summed E-state index contributed by atoms with van der Waals surface area (Å²) in [5, 5.41) is 0.476. The topological polar surface area (TPSA) is 58.6 Å². The van der Waals surface area contributed by atoms with Crippen LogP contribution in [0.2, 0.25) is 5.02 Å². The van der Waals surface area contributed by atoms with Gasteiger partial charge in [0.15, 0.2) is 0 Å². The van der Waals surface area contributed by atoms with Gasteiger partial charge in [0.05, 0.1) is 0 Å². The fourth-order valence-corrected chi connectivity index (χ4v) is 2.44. The van der Waals surface area contributed by atoms with E-state index in [2.05, 4.69) is 5.48 Å². The Kier molecular flexibility index (Phi) is 4.57. The van der Waals surface area contributed by atoms with Gasteiger partial charge in [0.1, 0.15) is 30.0 Å². The van der Waals surface area contributed by atoms with Crippen molar-refractivity contribution in [1.82, 2.24) is 10.4 Å². The minimum Gasteiger partial charge on any atom is -0.279 e. The van der Waals surface area contributed by atoms with Crippen molar-refractivity contribution in [2.75, 3.05) is 6.73 Å². The smallest absolute Gasteiger partial charge is 0.268 e. The highest BCUT2D eigenvalue weighted by atomic mass is 35.5. The van der Waals surface area contributed by atoms with Gasteiger partial charge in [0.25, 0.3) is 11.8 Å². The zero-order chi connectivity index (χ0) is 17.3. The number of carbonyl (C=O) groups excluding carboxylic acids is 2. The molecule has 0 saturated carbocycles. The van der Waals surface area contributed by atoms with Crippen LogP contribution in [0.1, 0.15) is 22.0 Å². The molecule has 1 atom stereocenters. The summed E-state index contributed by atoms with van der Waals surface area (Å²) >= 11 is 5.80. The maximum atomic E-state index is 13.8. The number of hydrogen-bond donors (Lipinski definition) is 1. The molecule has 0 aliphatic carbocycles. The van der Waals surface area contributed by atoms with E-state index in [4.69, 9.17) is 16.4 Å². The van der Waals surface area contributed by atoms with Crippen molar-refractivity contribution >= 4 is 23.4 Å². The molecule has 2 aromatic rings. The van der Waals surface area contributed by atoms with Gasteiger partial charge in [-0.05, 0) is 29.8 Å². The van der Waals surface area contributed by atoms with Crippen LogP contribution in [0.25, 0.3) is 0 Å². The normalized spacial score (nSPS) is 17.9. The molecular formula is C16H11ClF2N2O3. The van der Waals surface area contributed by atoms with E-state index < -0.39 is 41.8 Å². The van der Waals surface area contributed by atoms with Crippen molar-refractivity contribution in [3.63, 3.8) is 0 Å². The molecule has 124 valence electrons. The number of nitrogens with one attached hydrogen (secondary N) is 1. The van der Waals surface area contributed by atoms with Crippen LogP contribution < -0.4 is 5.48 Å². The van der Waals surface area contributed by atoms with E-state index in [0.717, 1.165) is 18.2 Å². The number of carbonyl (C=O) groups is 2. The van der Waals surface area contributed by atoms with Gasteiger partial charge in [-0.2, -0.15) is 5.48 Å². The highest BCUT2D eigenvalue weighted by Gasteiger charge is 2.36. The highest BCUT2D eigenvalue weighted by Crippen LogP contribution is 2.23. The molecular weight excluding hydrogens is 342 g/mol. The van der Waals surface area contributed by atoms with E-state index in [1.54, 1.807) is 24.3 Å². The Hall–Kier alpha value is -2.35. The lowest BCUT2D eigenvalue weighted by Gasteiger charge is -2.31. The van der Waals surface area contributed by atoms with Crippen LogP contribution in [0, 0.1) is 11.6 Å². The Morgan fingerprint density at radius 2 is 1.79 bits per heavy atom. The molecule has 1 unspecified atom stereocenters. The lowest BCUT2D eigenvalue weighted by Crippen LogP contribution is -2.51. The average molecular weight is 353 g/mol. The molecule has 1 saturated heterocycles. The van der Waals surface area contributed by atoms with E-state index >= 15 is 0 Å². The molecule has 24 heavy (non-hydrogen) atoms. The first kappa shape index (κ1) is 16.5. The first-order chi connectivity index (χ1) is 11.5. The predicted molar refractivity (Wildman–Crippen MR) is 80.8 cm³/mol. The molecule has 1 N–H and O–H groups in total. The molecule has 0 radical (unpaired) electrons. The van der Waals surface area contributed by atoms with Gasteiger partial charge in [-0.25, -0.2) is 8.78 Å². The number of nitrogens with zero attached hydrogens (tertiary/aromatic N) is 1. The van der Waals surface area contributed by atoms with Crippen molar-refractivity contribution in [2.24, 2.45) is 0 Å². The third-order valence-electron chi connectivity index (χ3n) is 3.53. The molecule has 1 heterocycles. The van der Waals surface area contributed by atoms with E-state index in [1.807, 2.05) is 0 Å². The van der Waals surface area contributed by atoms with Crippen molar-refractivity contribution in [3.05, 3.63) is 70.2 Å². The van der Waals surface area contributed by atoms with Crippen LogP contribution in [0.4, 0.5) is 8.78 Å². The van der Waals surface area contributed by atoms with Crippen molar-refractivity contribution in [1.29, 1.82) is 0 Å². The second-order valence-electron chi connectivity index (χ2n) is 5.04. The maximum Gasteiger partial charge on any atom is 0.268 e. The summed E-state index contributed by atoms with van der Waals surface area (Å²) in [6.45, 7) is -0.463. The number of hydrogen-bond acceptors (Lipinski definition) is 4. The van der Waals surface area contributed by atoms with Crippen LogP contribution in [0.3, 0.4) is 0 Å². The summed E-state index contributed by atoms with van der Waals surface area (Å²) in [5.41, 5.74) is 2.19. The number of rotatable bonds is 2. The average Bonchev–Trinajstić information content (AvgIpc) is 2.56. The number of halogens is 3.